The molecule has 168 valence electrons. The van der Waals surface area contributed by atoms with E-state index < -0.39 is 6.10 Å². The van der Waals surface area contributed by atoms with E-state index in [2.05, 4.69) is 0 Å². The number of hydrogen-bond donors (Lipinski definition) is 0. The van der Waals surface area contributed by atoms with Gasteiger partial charge in [-0.25, -0.2) is 4.39 Å². The van der Waals surface area contributed by atoms with Crippen molar-refractivity contribution >= 4 is 11.8 Å². The number of rotatable bonds is 5. The van der Waals surface area contributed by atoms with Gasteiger partial charge >= 0.3 is 0 Å². The summed E-state index contributed by atoms with van der Waals surface area (Å²) in [5.41, 5.74) is 3.04. The predicted octanol–water partition coefficient (Wildman–Crippen LogP) is 4.10. The second-order valence-electron chi connectivity index (χ2n) is 9.16. The van der Waals surface area contributed by atoms with Crippen LogP contribution in [0, 0.1) is 11.7 Å². The number of halogens is 1. The van der Waals surface area contributed by atoms with Gasteiger partial charge in [-0.1, -0.05) is 18.2 Å². The summed E-state index contributed by atoms with van der Waals surface area (Å²) in [4.78, 5) is 29.6. The molecule has 2 aliphatic heterocycles. The van der Waals surface area contributed by atoms with Gasteiger partial charge in [-0.2, -0.15) is 0 Å². The van der Waals surface area contributed by atoms with Crippen LogP contribution < -0.4 is 4.74 Å². The fraction of sp³-hybridized carbons (Fsp3) is 0.462. The molecule has 2 aromatic carbocycles. The second-order valence-corrected chi connectivity index (χ2v) is 9.16. The molecule has 5 nitrogen and oxygen atoms in total. The summed E-state index contributed by atoms with van der Waals surface area (Å²) in [7, 11) is 0. The molecule has 2 atom stereocenters. The first-order valence-corrected chi connectivity index (χ1v) is 11.7. The van der Waals surface area contributed by atoms with Crippen molar-refractivity contribution in [1.82, 2.24) is 9.80 Å². The third-order valence-electron chi connectivity index (χ3n) is 6.82. The van der Waals surface area contributed by atoms with Crippen LogP contribution in [0.25, 0.3) is 0 Å². The topological polar surface area (TPSA) is 49.9 Å². The number of carbonyl (C=O) groups is 2. The Bertz CT molecular complexity index is 1010. The zero-order valence-electron chi connectivity index (χ0n) is 18.4. The summed E-state index contributed by atoms with van der Waals surface area (Å²) in [5.74, 6) is 0.625. The summed E-state index contributed by atoms with van der Waals surface area (Å²) in [6.07, 6.45) is 4.18. The molecule has 2 amide bonds. The lowest BCUT2D eigenvalue weighted by atomic mass is 9.87. The number of ether oxygens (including phenoxy) is 1. The van der Waals surface area contributed by atoms with Crippen LogP contribution in [0.3, 0.4) is 0 Å². The molecular formula is C26H29FN2O3. The summed E-state index contributed by atoms with van der Waals surface area (Å²) in [6, 6.07) is 12.0. The maximum Gasteiger partial charge on any atom is 0.263 e. The molecule has 1 saturated heterocycles. The van der Waals surface area contributed by atoms with E-state index in [9.17, 15) is 14.0 Å². The minimum atomic E-state index is -0.566. The Morgan fingerprint density at radius 1 is 1.03 bits per heavy atom. The average molecular weight is 437 g/mol. The number of hydrogen-bond acceptors (Lipinski definition) is 3. The van der Waals surface area contributed by atoms with E-state index in [0.717, 1.165) is 61.9 Å². The molecule has 2 heterocycles. The number of amides is 2. The smallest absolute Gasteiger partial charge is 0.263 e. The summed E-state index contributed by atoms with van der Waals surface area (Å²) in [6.45, 7) is 4.03. The third-order valence-corrected chi connectivity index (χ3v) is 6.82. The van der Waals surface area contributed by atoms with Crippen LogP contribution in [-0.2, 0) is 16.0 Å². The van der Waals surface area contributed by atoms with Gasteiger partial charge in [0.2, 0.25) is 5.91 Å². The summed E-state index contributed by atoms with van der Waals surface area (Å²) in [5, 5.41) is 0. The van der Waals surface area contributed by atoms with Gasteiger partial charge < -0.3 is 14.5 Å². The molecule has 0 aromatic heterocycles. The van der Waals surface area contributed by atoms with Crippen LogP contribution in [0.5, 0.6) is 5.75 Å². The van der Waals surface area contributed by atoms with Gasteiger partial charge in [-0.05, 0) is 80.0 Å². The minimum Gasteiger partial charge on any atom is -0.481 e. The van der Waals surface area contributed by atoms with Crippen LogP contribution >= 0.6 is 0 Å². The van der Waals surface area contributed by atoms with Gasteiger partial charge in [0.1, 0.15) is 11.6 Å². The summed E-state index contributed by atoms with van der Waals surface area (Å²) >= 11 is 0. The van der Waals surface area contributed by atoms with Gasteiger partial charge in [0.15, 0.2) is 6.10 Å². The Morgan fingerprint density at radius 2 is 1.75 bits per heavy atom. The largest absolute Gasteiger partial charge is 0.481 e. The zero-order chi connectivity index (χ0) is 22.2. The van der Waals surface area contributed by atoms with Gasteiger partial charge in [0.05, 0.1) is 6.04 Å². The van der Waals surface area contributed by atoms with Gasteiger partial charge in [-0.3, -0.25) is 9.59 Å². The Morgan fingerprint density at radius 3 is 2.44 bits per heavy atom. The summed E-state index contributed by atoms with van der Waals surface area (Å²) < 4.78 is 19.7. The quantitative estimate of drug-likeness (QED) is 0.709. The van der Waals surface area contributed by atoms with Crippen molar-refractivity contribution in [2.45, 2.75) is 51.2 Å². The van der Waals surface area contributed by atoms with Crippen molar-refractivity contribution in [2.24, 2.45) is 5.92 Å². The van der Waals surface area contributed by atoms with Crippen LogP contribution in [0.15, 0.2) is 42.5 Å². The number of benzene rings is 2. The lowest BCUT2D eigenvalue weighted by molar-refractivity contribution is -0.136. The molecule has 32 heavy (non-hydrogen) atoms. The standard InChI is InChI=1S/C26H29FN2O3/c1-17(25(30)28-13-2-3-14-28)32-22-11-8-18-12-15-29(26(31)20-4-5-20)24(23(18)16-22)19-6-9-21(27)10-7-19/h6-11,16-17,20,24H,2-5,12-15H2,1H3. The maximum atomic E-state index is 13.6. The molecule has 2 fully saturated rings. The molecule has 1 aliphatic carbocycles. The molecule has 0 radical (unpaired) electrons. The van der Waals surface area contributed by atoms with Crippen molar-refractivity contribution in [3.63, 3.8) is 0 Å². The number of likely N-dealkylation sites (tertiary alicyclic amines) is 1. The molecule has 5 rings (SSSR count). The molecule has 3 aliphatic rings. The van der Waals surface area contributed by atoms with Crippen LogP contribution in [0.1, 0.15) is 55.3 Å². The molecular weight excluding hydrogens is 407 g/mol. The van der Waals surface area contributed by atoms with Crippen molar-refractivity contribution in [2.75, 3.05) is 19.6 Å². The van der Waals surface area contributed by atoms with Crippen molar-refractivity contribution in [3.05, 3.63) is 65.0 Å². The maximum absolute atomic E-state index is 13.6. The Labute approximate surface area is 188 Å². The van der Waals surface area contributed by atoms with Crippen molar-refractivity contribution in [3.8, 4) is 5.75 Å². The first-order chi connectivity index (χ1) is 15.5. The van der Waals surface area contributed by atoms with Crippen LogP contribution in [0.2, 0.25) is 0 Å². The highest BCUT2D eigenvalue weighted by atomic mass is 19.1. The number of carbonyl (C=O) groups excluding carboxylic acids is 2. The number of fused-ring (bicyclic) bond motifs is 1. The molecule has 1 saturated carbocycles. The minimum absolute atomic E-state index is 0.0147. The normalized spacial score (nSPS) is 21.2. The van der Waals surface area contributed by atoms with Crippen molar-refractivity contribution in [1.29, 1.82) is 0 Å². The van der Waals surface area contributed by atoms with E-state index in [-0.39, 0.29) is 29.6 Å². The first-order valence-electron chi connectivity index (χ1n) is 11.7. The van der Waals surface area contributed by atoms with Gasteiger partial charge in [0.25, 0.3) is 5.91 Å². The SMILES string of the molecule is CC(Oc1ccc2c(c1)C(c1ccc(F)cc1)N(C(=O)C1CC1)CC2)C(=O)N1CCCC1. The number of nitrogens with zero attached hydrogens (tertiary/aromatic N) is 2. The van der Waals surface area contributed by atoms with E-state index in [1.807, 2.05) is 28.0 Å². The van der Waals surface area contributed by atoms with Crippen LogP contribution in [-0.4, -0.2) is 47.4 Å². The molecule has 0 spiro atoms. The Hall–Kier alpha value is -2.89. The van der Waals surface area contributed by atoms with Crippen molar-refractivity contribution < 1.29 is 18.7 Å². The first kappa shape index (κ1) is 21.0. The predicted molar refractivity (Wildman–Crippen MR) is 119 cm³/mol. The van der Waals surface area contributed by atoms with E-state index >= 15 is 0 Å². The second kappa shape index (κ2) is 8.57. The van der Waals surface area contributed by atoms with E-state index in [1.165, 1.54) is 12.1 Å². The fourth-order valence-corrected chi connectivity index (χ4v) is 4.92. The van der Waals surface area contributed by atoms with E-state index in [0.29, 0.717) is 12.3 Å². The lowest BCUT2D eigenvalue weighted by Crippen LogP contribution is -2.41. The molecule has 2 aromatic rings. The molecule has 2 unspecified atom stereocenters. The monoisotopic (exact) mass is 436 g/mol. The Balaban J connectivity index is 1.45. The highest BCUT2D eigenvalue weighted by Crippen LogP contribution is 2.41. The lowest BCUT2D eigenvalue weighted by Gasteiger charge is -2.38. The van der Waals surface area contributed by atoms with Gasteiger partial charge in [0, 0.05) is 25.6 Å². The highest BCUT2D eigenvalue weighted by molar-refractivity contribution is 5.82. The van der Waals surface area contributed by atoms with E-state index in [1.54, 1.807) is 19.1 Å². The van der Waals surface area contributed by atoms with E-state index in [4.69, 9.17) is 4.74 Å². The van der Waals surface area contributed by atoms with Crippen LogP contribution in [0.4, 0.5) is 4.39 Å². The Kier molecular flexibility index (Phi) is 5.62. The molecule has 0 N–H and O–H groups in total. The average Bonchev–Trinajstić information content (AvgIpc) is 3.51. The third kappa shape index (κ3) is 4.10. The molecule has 6 heteroatoms. The molecule has 0 bridgehead atoms. The zero-order valence-corrected chi connectivity index (χ0v) is 18.4. The van der Waals surface area contributed by atoms with Gasteiger partial charge in [-0.15, -0.1) is 0 Å². The highest BCUT2D eigenvalue weighted by Gasteiger charge is 2.39. The fourth-order valence-electron chi connectivity index (χ4n) is 4.92.